The summed E-state index contributed by atoms with van der Waals surface area (Å²) in [4.78, 5) is 0. The zero-order valence-corrected chi connectivity index (χ0v) is 22.6. The van der Waals surface area contributed by atoms with Crippen LogP contribution in [-0.2, 0) is 9.47 Å². The van der Waals surface area contributed by atoms with Crippen LogP contribution in [0.2, 0.25) is 0 Å². The molecule has 3 aromatic rings. The molecule has 226 valence electrons. The van der Waals surface area contributed by atoms with Gasteiger partial charge in [0.2, 0.25) is 0 Å². The molecule has 2 aliphatic rings. The Labute approximate surface area is 238 Å². The Bertz CT molecular complexity index is 1360. The third kappa shape index (κ3) is 7.18. The van der Waals surface area contributed by atoms with Crippen LogP contribution in [0, 0.1) is 23.5 Å². The van der Waals surface area contributed by atoms with E-state index in [-0.39, 0.29) is 29.9 Å². The predicted octanol–water partition coefficient (Wildman–Crippen LogP) is 9.16. The molecule has 1 heterocycles. The number of alkyl halides is 5. The second-order valence-electron chi connectivity index (χ2n) is 10.8. The van der Waals surface area contributed by atoms with E-state index >= 15 is 8.78 Å². The monoisotopic (exact) mass is 598 g/mol. The van der Waals surface area contributed by atoms with Crippen LogP contribution in [0.3, 0.4) is 0 Å². The summed E-state index contributed by atoms with van der Waals surface area (Å²) in [6, 6.07) is 13.2. The Balaban J connectivity index is 1.18. The second-order valence-corrected chi connectivity index (χ2v) is 10.8. The highest BCUT2D eigenvalue weighted by Crippen LogP contribution is 2.44. The molecule has 42 heavy (non-hydrogen) atoms. The molecule has 0 amide bonds. The standard InChI is InChI=1S/C31H29F7O4/c1-18-16-39-29(40-17-18)21-4-2-19(3-5-21)20-6-9-23(10-7-20)30(34,35)41-24-11-12-25(26(32)15-24)22-8-13-28(27(33)14-22)42-31(36,37)38/h2-5,8,11-15,18,20,23,29H,6-7,9-10,16-17H2,1H3. The normalized spacial score (nSPS) is 23.4. The maximum absolute atomic E-state index is 15.1. The van der Waals surface area contributed by atoms with E-state index in [0.29, 0.717) is 44.1 Å². The van der Waals surface area contributed by atoms with Crippen LogP contribution < -0.4 is 9.47 Å². The Hall–Kier alpha value is -3.31. The van der Waals surface area contributed by atoms with E-state index in [1.165, 1.54) is 0 Å². The summed E-state index contributed by atoms with van der Waals surface area (Å²) >= 11 is 0. The molecule has 1 saturated heterocycles. The van der Waals surface area contributed by atoms with Crippen molar-refractivity contribution in [3.05, 3.63) is 83.4 Å². The van der Waals surface area contributed by atoms with Gasteiger partial charge in [0, 0.05) is 23.1 Å². The minimum Gasteiger partial charge on any atom is -0.432 e. The lowest BCUT2D eigenvalue weighted by Crippen LogP contribution is -2.37. The van der Waals surface area contributed by atoms with Crippen LogP contribution in [0.5, 0.6) is 11.5 Å². The fourth-order valence-electron chi connectivity index (χ4n) is 5.39. The van der Waals surface area contributed by atoms with Gasteiger partial charge in [-0.2, -0.15) is 8.78 Å². The first-order chi connectivity index (χ1) is 19.9. The van der Waals surface area contributed by atoms with Crippen LogP contribution in [0.4, 0.5) is 30.7 Å². The average Bonchev–Trinajstić information content (AvgIpc) is 2.94. The molecule has 0 N–H and O–H groups in total. The maximum Gasteiger partial charge on any atom is 0.573 e. The fraction of sp³-hybridized carbons (Fsp3) is 0.419. The molecule has 0 radical (unpaired) electrons. The van der Waals surface area contributed by atoms with Crippen molar-refractivity contribution in [3.63, 3.8) is 0 Å². The second kappa shape index (κ2) is 12.1. The van der Waals surface area contributed by atoms with Crippen molar-refractivity contribution in [3.8, 4) is 22.6 Å². The van der Waals surface area contributed by atoms with E-state index in [0.717, 1.165) is 35.4 Å². The molecule has 0 unspecified atom stereocenters. The van der Waals surface area contributed by atoms with Crippen LogP contribution in [-0.4, -0.2) is 25.7 Å². The van der Waals surface area contributed by atoms with Gasteiger partial charge in [-0.1, -0.05) is 37.3 Å². The van der Waals surface area contributed by atoms with E-state index in [2.05, 4.69) is 4.74 Å². The van der Waals surface area contributed by atoms with Gasteiger partial charge in [-0.15, -0.1) is 13.2 Å². The van der Waals surface area contributed by atoms with Gasteiger partial charge in [0.25, 0.3) is 0 Å². The first-order valence-electron chi connectivity index (χ1n) is 13.6. The van der Waals surface area contributed by atoms with E-state index in [9.17, 15) is 22.0 Å². The molecular weight excluding hydrogens is 569 g/mol. The SMILES string of the molecule is CC1COC(c2ccc(C3CCC(C(F)(F)Oc4ccc(-c5ccc(OC(F)(F)F)c(F)c5)c(F)c4)CC3)cc2)OC1. The minimum atomic E-state index is -5.10. The number of hydrogen-bond acceptors (Lipinski definition) is 4. The van der Waals surface area contributed by atoms with Crippen molar-refractivity contribution >= 4 is 0 Å². The summed E-state index contributed by atoms with van der Waals surface area (Å²) in [7, 11) is 0. The summed E-state index contributed by atoms with van der Waals surface area (Å²) in [5.41, 5.74) is 1.66. The summed E-state index contributed by atoms with van der Waals surface area (Å²) < 4.78 is 116. The topological polar surface area (TPSA) is 36.9 Å². The summed E-state index contributed by atoms with van der Waals surface area (Å²) in [6.07, 6.45) is -7.58. The van der Waals surface area contributed by atoms with Gasteiger partial charge in [-0.25, -0.2) is 8.78 Å². The molecule has 1 aliphatic heterocycles. The summed E-state index contributed by atoms with van der Waals surface area (Å²) in [6.45, 7) is 3.30. The van der Waals surface area contributed by atoms with Gasteiger partial charge >= 0.3 is 12.5 Å². The predicted molar refractivity (Wildman–Crippen MR) is 139 cm³/mol. The molecule has 11 heteroatoms. The average molecular weight is 599 g/mol. The minimum absolute atomic E-state index is 0.0995. The van der Waals surface area contributed by atoms with Crippen molar-refractivity contribution in [2.75, 3.05) is 13.2 Å². The lowest BCUT2D eigenvalue weighted by atomic mass is 9.78. The Morgan fingerprint density at radius 1 is 0.714 bits per heavy atom. The Morgan fingerprint density at radius 3 is 1.95 bits per heavy atom. The third-order valence-corrected chi connectivity index (χ3v) is 7.61. The maximum atomic E-state index is 15.1. The van der Waals surface area contributed by atoms with E-state index in [1.54, 1.807) is 0 Å². The van der Waals surface area contributed by atoms with Gasteiger partial charge in [-0.3, -0.25) is 0 Å². The van der Waals surface area contributed by atoms with Crippen LogP contribution in [0.25, 0.3) is 11.1 Å². The Kier molecular flexibility index (Phi) is 8.71. The zero-order chi connectivity index (χ0) is 30.1. The summed E-state index contributed by atoms with van der Waals surface area (Å²) in [5.74, 6) is -4.46. The number of hydrogen-bond donors (Lipinski definition) is 0. The molecular formula is C31H29F7O4. The molecule has 2 fully saturated rings. The number of halogens is 7. The third-order valence-electron chi connectivity index (χ3n) is 7.61. The highest BCUT2D eigenvalue weighted by Gasteiger charge is 2.44. The van der Waals surface area contributed by atoms with Crippen molar-refractivity contribution in [1.82, 2.24) is 0 Å². The molecule has 4 nitrogen and oxygen atoms in total. The Morgan fingerprint density at radius 2 is 1.36 bits per heavy atom. The van der Waals surface area contributed by atoms with Gasteiger partial charge in [-0.05, 0) is 67.0 Å². The van der Waals surface area contributed by atoms with Gasteiger partial charge in [0.05, 0.1) is 19.1 Å². The molecule has 1 saturated carbocycles. The van der Waals surface area contributed by atoms with E-state index < -0.39 is 47.8 Å². The molecule has 0 aromatic heterocycles. The summed E-state index contributed by atoms with van der Waals surface area (Å²) in [5, 5.41) is 0. The number of ether oxygens (including phenoxy) is 4. The highest BCUT2D eigenvalue weighted by atomic mass is 19.4. The van der Waals surface area contributed by atoms with Crippen molar-refractivity contribution in [1.29, 1.82) is 0 Å². The van der Waals surface area contributed by atoms with Gasteiger partial charge in [0.15, 0.2) is 17.9 Å². The fourth-order valence-corrected chi connectivity index (χ4v) is 5.39. The molecule has 0 spiro atoms. The first kappa shape index (κ1) is 30.2. The quantitative estimate of drug-likeness (QED) is 0.254. The van der Waals surface area contributed by atoms with Crippen LogP contribution >= 0.6 is 0 Å². The lowest BCUT2D eigenvalue weighted by molar-refractivity contribution is -0.275. The van der Waals surface area contributed by atoms with Crippen LogP contribution in [0.15, 0.2) is 60.7 Å². The molecule has 0 bridgehead atoms. The van der Waals surface area contributed by atoms with E-state index in [1.807, 2.05) is 31.2 Å². The largest absolute Gasteiger partial charge is 0.573 e. The smallest absolute Gasteiger partial charge is 0.432 e. The lowest BCUT2D eigenvalue weighted by Gasteiger charge is -2.33. The van der Waals surface area contributed by atoms with Crippen molar-refractivity contribution in [2.45, 2.75) is 57.3 Å². The van der Waals surface area contributed by atoms with E-state index in [4.69, 9.17) is 14.2 Å². The number of rotatable bonds is 7. The number of benzene rings is 3. The van der Waals surface area contributed by atoms with Crippen molar-refractivity contribution in [2.24, 2.45) is 11.8 Å². The zero-order valence-electron chi connectivity index (χ0n) is 22.6. The molecule has 3 aromatic carbocycles. The first-order valence-corrected chi connectivity index (χ1v) is 13.6. The highest BCUT2D eigenvalue weighted by molar-refractivity contribution is 5.66. The molecule has 0 atom stereocenters. The molecule has 5 rings (SSSR count). The van der Waals surface area contributed by atoms with Gasteiger partial charge < -0.3 is 18.9 Å². The van der Waals surface area contributed by atoms with Crippen LogP contribution in [0.1, 0.15) is 55.9 Å². The van der Waals surface area contributed by atoms with Gasteiger partial charge in [0.1, 0.15) is 11.6 Å². The van der Waals surface area contributed by atoms with Crippen molar-refractivity contribution < 1.29 is 49.7 Å². The molecule has 1 aliphatic carbocycles.